The minimum atomic E-state index is -0.870. The highest BCUT2D eigenvalue weighted by molar-refractivity contribution is 5.47. The fourth-order valence-corrected chi connectivity index (χ4v) is 6.63. The molecular formula is C43H52O12. The number of hydrogen-bond acceptors (Lipinski definition) is 12. The molecule has 0 amide bonds. The summed E-state index contributed by atoms with van der Waals surface area (Å²) < 4.78 is 72.6. The van der Waals surface area contributed by atoms with Gasteiger partial charge in [-0.25, -0.2) is 0 Å². The summed E-state index contributed by atoms with van der Waals surface area (Å²) in [5.74, 6) is 1.53. The molecule has 0 radical (unpaired) electrons. The van der Waals surface area contributed by atoms with Crippen LogP contribution in [0, 0.1) is 0 Å². The van der Waals surface area contributed by atoms with Crippen molar-refractivity contribution in [2.75, 3.05) is 48.8 Å². The van der Waals surface area contributed by atoms with E-state index >= 15 is 0 Å². The second-order valence-corrected chi connectivity index (χ2v) is 14.1. The molecule has 0 bridgehead atoms. The molecule has 0 aliphatic carbocycles. The Morgan fingerprint density at radius 3 is 1.55 bits per heavy atom. The maximum atomic E-state index is 6.65. The van der Waals surface area contributed by atoms with Crippen LogP contribution in [0.5, 0.6) is 34.5 Å². The molecule has 4 aromatic carbocycles. The molecule has 0 saturated carbocycles. The topological polar surface area (TPSA) is 111 Å². The van der Waals surface area contributed by atoms with Crippen molar-refractivity contribution in [2.24, 2.45) is 0 Å². The number of benzene rings is 4. The van der Waals surface area contributed by atoms with E-state index in [9.17, 15) is 0 Å². The predicted molar refractivity (Wildman–Crippen MR) is 203 cm³/mol. The van der Waals surface area contributed by atoms with Gasteiger partial charge in [-0.2, -0.15) is 0 Å². The van der Waals surface area contributed by atoms with Crippen LogP contribution in [0.25, 0.3) is 0 Å². The lowest BCUT2D eigenvalue weighted by Gasteiger charge is -2.42. The van der Waals surface area contributed by atoms with Crippen LogP contribution in [-0.2, 0) is 35.0 Å². The van der Waals surface area contributed by atoms with Gasteiger partial charge in [0.05, 0.1) is 34.5 Å². The normalized spacial score (nSPS) is 21.8. The van der Waals surface area contributed by atoms with Crippen LogP contribution in [0.3, 0.4) is 0 Å². The van der Waals surface area contributed by atoms with Crippen molar-refractivity contribution in [1.82, 2.24) is 0 Å². The van der Waals surface area contributed by atoms with Crippen molar-refractivity contribution in [2.45, 2.75) is 76.6 Å². The number of ether oxygens (including phenoxy) is 12. The van der Waals surface area contributed by atoms with E-state index in [2.05, 4.69) is 0 Å². The maximum absolute atomic E-state index is 6.65. The summed E-state index contributed by atoms with van der Waals surface area (Å²) in [7, 11) is 7.96. The van der Waals surface area contributed by atoms with E-state index in [1.54, 1.807) is 35.5 Å². The third-order valence-electron chi connectivity index (χ3n) is 9.40. The van der Waals surface area contributed by atoms with Gasteiger partial charge in [0.1, 0.15) is 18.8 Å². The molecule has 4 atom stereocenters. The van der Waals surface area contributed by atoms with Gasteiger partial charge < -0.3 is 56.8 Å². The van der Waals surface area contributed by atoms with Gasteiger partial charge in [-0.15, -0.1) is 0 Å². The van der Waals surface area contributed by atoms with Gasteiger partial charge in [-0.1, -0.05) is 48.5 Å². The molecule has 0 N–H and O–H groups in total. The molecule has 2 saturated heterocycles. The molecular weight excluding hydrogens is 708 g/mol. The average Bonchev–Trinajstić information content (AvgIpc) is 3.19. The first-order chi connectivity index (χ1) is 26.5. The molecule has 2 aliphatic rings. The zero-order chi connectivity index (χ0) is 39.2. The fraction of sp³-hybridized carbons (Fsp3) is 0.442. The minimum absolute atomic E-state index is 0.260. The van der Waals surface area contributed by atoms with Gasteiger partial charge in [-0.3, -0.25) is 0 Å². The van der Waals surface area contributed by atoms with E-state index in [0.29, 0.717) is 41.1 Å². The molecule has 2 fully saturated rings. The Hall–Kier alpha value is -4.56. The average molecular weight is 761 g/mol. The number of methoxy groups -OCH3 is 5. The second kappa shape index (κ2) is 17.5. The van der Waals surface area contributed by atoms with E-state index in [1.807, 2.05) is 113 Å². The first-order valence-corrected chi connectivity index (χ1v) is 18.2. The Morgan fingerprint density at radius 2 is 1.04 bits per heavy atom. The van der Waals surface area contributed by atoms with Crippen LogP contribution in [0.15, 0.2) is 84.9 Å². The first-order valence-electron chi connectivity index (χ1n) is 18.2. The summed E-state index contributed by atoms with van der Waals surface area (Å²) in [6, 6.07) is 27.0. The van der Waals surface area contributed by atoms with Gasteiger partial charge in [0.15, 0.2) is 64.6 Å². The summed E-state index contributed by atoms with van der Waals surface area (Å²) in [6.07, 6.45) is -2.66. The van der Waals surface area contributed by atoms with Crippen molar-refractivity contribution < 1.29 is 56.8 Å². The predicted octanol–water partition coefficient (Wildman–Crippen LogP) is 8.13. The lowest BCUT2D eigenvalue weighted by molar-refractivity contribution is -0.303. The standard InChI is InChI=1S/C43H52O12/c1-42(2)50-25-37(39(54-42)28-15-18-31(34(21-28)44-5)49-24-27-13-11-10-12-14-27)52-32-19-16-29(22-35(32)45-6)40-38(26-51-43(3,4)55-40)53-33-20-17-30(23-36(33)46-7)41(47-8)48-9/h10-23,37-41H,24-26H2,1-9H3/t37-,38-,39+,40+/m1/s1. The molecule has 4 aromatic rings. The van der Waals surface area contributed by atoms with E-state index in [1.165, 1.54) is 0 Å². The molecule has 296 valence electrons. The third kappa shape index (κ3) is 9.64. The quantitative estimate of drug-likeness (QED) is 0.109. The Balaban J connectivity index is 1.24. The van der Waals surface area contributed by atoms with Gasteiger partial charge in [0.25, 0.3) is 0 Å². The van der Waals surface area contributed by atoms with Crippen LogP contribution in [0.2, 0.25) is 0 Å². The zero-order valence-electron chi connectivity index (χ0n) is 33.0. The van der Waals surface area contributed by atoms with Crippen molar-refractivity contribution in [3.8, 4) is 34.5 Å². The Bertz CT molecular complexity index is 1860. The van der Waals surface area contributed by atoms with Crippen LogP contribution < -0.4 is 28.4 Å². The Kier molecular flexibility index (Phi) is 12.8. The van der Waals surface area contributed by atoms with E-state index < -0.39 is 42.3 Å². The summed E-state index contributed by atoms with van der Waals surface area (Å²) in [5.41, 5.74) is 3.50. The van der Waals surface area contributed by atoms with Crippen LogP contribution >= 0.6 is 0 Å². The molecule has 0 aromatic heterocycles. The van der Waals surface area contributed by atoms with E-state index in [0.717, 1.165) is 22.3 Å². The zero-order valence-corrected chi connectivity index (χ0v) is 33.0. The van der Waals surface area contributed by atoms with E-state index in [4.69, 9.17) is 56.8 Å². The molecule has 12 heteroatoms. The maximum Gasteiger partial charge on any atom is 0.183 e. The largest absolute Gasteiger partial charge is 0.493 e. The number of rotatable bonds is 15. The highest BCUT2D eigenvalue weighted by Crippen LogP contribution is 2.43. The van der Waals surface area contributed by atoms with Crippen LogP contribution in [0.4, 0.5) is 0 Å². The first kappa shape index (κ1) is 40.1. The highest BCUT2D eigenvalue weighted by atomic mass is 16.7. The van der Waals surface area contributed by atoms with Gasteiger partial charge in [0, 0.05) is 19.8 Å². The van der Waals surface area contributed by atoms with Gasteiger partial charge >= 0.3 is 0 Å². The minimum Gasteiger partial charge on any atom is -0.493 e. The molecule has 2 aliphatic heterocycles. The third-order valence-corrected chi connectivity index (χ3v) is 9.40. The lowest BCUT2D eigenvalue weighted by Crippen LogP contribution is -2.46. The molecule has 12 nitrogen and oxygen atoms in total. The summed E-state index contributed by atoms with van der Waals surface area (Å²) in [5, 5.41) is 0. The fourth-order valence-electron chi connectivity index (χ4n) is 6.63. The van der Waals surface area contributed by atoms with Crippen molar-refractivity contribution in [1.29, 1.82) is 0 Å². The molecule has 0 spiro atoms. The Labute approximate surface area is 323 Å². The van der Waals surface area contributed by atoms with Crippen molar-refractivity contribution >= 4 is 0 Å². The summed E-state index contributed by atoms with van der Waals surface area (Å²) >= 11 is 0. The molecule has 2 heterocycles. The second-order valence-electron chi connectivity index (χ2n) is 14.1. The monoisotopic (exact) mass is 760 g/mol. The molecule has 0 unspecified atom stereocenters. The van der Waals surface area contributed by atoms with Crippen molar-refractivity contribution in [3.63, 3.8) is 0 Å². The summed E-state index contributed by atoms with van der Waals surface area (Å²) in [6.45, 7) is 8.45. The smallest absolute Gasteiger partial charge is 0.183 e. The Morgan fingerprint density at radius 1 is 0.564 bits per heavy atom. The van der Waals surface area contributed by atoms with Gasteiger partial charge in [0.2, 0.25) is 0 Å². The summed E-state index contributed by atoms with van der Waals surface area (Å²) in [4.78, 5) is 0. The lowest BCUT2D eigenvalue weighted by atomic mass is 10.0. The SMILES string of the molecule is COc1cc([C@@H]2OC(C)(C)OC[C@H]2Oc2ccc([C@@H]3OC(C)(C)OC[C@H]3Oc3ccc(C(OC)OC)cc3OC)cc2OC)ccc1OCc1ccccc1. The number of hydrogen-bond donors (Lipinski definition) is 0. The van der Waals surface area contributed by atoms with Crippen molar-refractivity contribution in [3.05, 3.63) is 107 Å². The van der Waals surface area contributed by atoms with Crippen LogP contribution in [0.1, 0.15) is 68.4 Å². The van der Waals surface area contributed by atoms with Crippen LogP contribution in [-0.4, -0.2) is 72.5 Å². The van der Waals surface area contributed by atoms with E-state index in [-0.39, 0.29) is 13.2 Å². The molecule has 55 heavy (non-hydrogen) atoms. The van der Waals surface area contributed by atoms with Gasteiger partial charge in [-0.05, 0) is 80.8 Å². The highest BCUT2D eigenvalue weighted by Gasteiger charge is 2.42. The molecule has 6 rings (SSSR count).